The van der Waals surface area contributed by atoms with Crippen LogP contribution in [0.15, 0.2) is 30.3 Å². The molecule has 3 nitrogen and oxygen atoms in total. The molecular formula is C11H14N2O. The molecule has 0 aliphatic heterocycles. The first kappa shape index (κ1) is 10.7. The third kappa shape index (κ3) is 4.04. The van der Waals surface area contributed by atoms with Gasteiger partial charge in [-0.3, -0.25) is 0 Å². The van der Waals surface area contributed by atoms with Crippen LogP contribution in [0.3, 0.4) is 0 Å². The zero-order valence-corrected chi connectivity index (χ0v) is 8.02. The lowest BCUT2D eigenvalue weighted by Gasteiger charge is -2.04. The van der Waals surface area contributed by atoms with Crippen LogP contribution in [-0.4, -0.2) is 19.3 Å². The van der Waals surface area contributed by atoms with Gasteiger partial charge in [-0.2, -0.15) is 5.26 Å². The van der Waals surface area contributed by atoms with Gasteiger partial charge in [0.05, 0.1) is 19.3 Å². The molecule has 14 heavy (non-hydrogen) atoms. The maximum Gasteiger partial charge on any atom is 0.116 e. The molecule has 0 saturated carbocycles. The van der Waals surface area contributed by atoms with Crippen molar-refractivity contribution >= 4 is 0 Å². The molecule has 1 aromatic rings. The Bertz CT molecular complexity index is 292. The van der Waals surface area contributed by atoms with Crippen molar-refractivity contribution in [2.75, 3.05) is 13.2 Å². The average Bonchev–Trinajstić information content (AvgIpc) is 2.25. The molecule has 0 amide bonds. The minimum absolute atomic E-state index is 0.309. The summed E-state index contributed by atoms with van der Waals surface area (Å²) in [7, 11) is 0. The Balaban J connectivity index is 2.14. The molecule has 0 heterocycles. The Labute approximate surface area is 84.1 Å². The smallest absolute Gasteiger partial charge is 0.116 e. The van der Waals surface area contributed by atoms with Gasteiger partial charge in [0.15, 0.2) is 0 Å². The van der Waals surface area contributed by atoms with Crippen LogP contribution in [0.4, 0.5) is 0 Å². The monoisotopic (exact) mass is 190 g/mol. The SMILES string of the molecule is N#CC(N)COCCc1ccccc1. The van der Waals surface area contributed by atoms with E-state index < -0.39 is 6.04 Å². The molecule has 0 aliphatic rings. The Morgan fingerprint density at radius 3 is 2.71 bits per heavy atom. The molecule has 1 aromatic carbocycles. The van der Waals surface area contributed by atoms with E-state index in [9.17, 15) is 0 Å². The summed E-state index contributed by atoms with van der Waals surface area (Å²) in [6, 6.07) is 11.5. The van der Waals surface area contributed by atoms with Crippen LogP contribution in [0.25, 0.3) is 0 Å². The van der Waals surface area contributed by atoms with E-state index in [4.69, 9.17) is 15.7 Å². The Kier molecular flexibility index (Phi) is 4.70. The van der Waals surface area contributed by atoms with Crippen LogP contribution in [0.2, 0.25) is 0 Å². The van der Waals surface area contributed by atoms with Crippen LogP contribution >= 0.6 is 0 Å². The minimum atomic E-state index is -0.509. The molecule has 1 rings (SSSR count). The van der Waals surface area contributed by atoms with Gasteiger partial charge in [0.25, 0.3) is 0 Å². The summed E-state index contributed by atoms with van der Waals surface area (Å²) in [6.07, 6.45) is 0.860. The lowest BCUT2D eigenvalue weighted by molar-refractivity contribution is 0.134. The quantitative estimate of drug-likeness (QED) is 0.707. The normalized spacial score (nSPS) is 12.0. The summed E-state index contributed by atoms with van der Waals surface area (Å²) < 4.78 is 5.24. The van der Waals surface area contributed by atoms with E-state index in [0.29, 0.717) is 13.2 Å². The number of rotatable bonds is 5. The molecule has 0 aliphatic carbocycles. The van der Waals surface area contributed by atoms with E-state index in [2.05, 4.69) is 0 Å². The molecule has 0 spiro atoms. The van der Waals surface area contributed by atoms with Crippen LogP contribution < -0.4 is 5.73 Å². The number of hydrogen-bond acceptors (Lipinski definition) is 3. The fourth-order valence-electron chi connectivity index (χ4n) is 1.08. The van der Waals surface area contributed by atoms with Crippen molar-refractivity contribution < 1.29 is 4.74 Å². The number of nitrogens with two attached hydrogens (primary N) is 1. The molecule has 2 N–H and O–H groups in total. The van der Waals surface area contributed by atoms with Gasteiger partial charge in [0, 0.05) is 0 Å². The third-order valence-corrected chi connectivity index (χ3v) is 1.84. The summed E-state index contributed by atoms with van der Waals surface area (Å²) in [5.74, 6) is 0. The van der Waals surface area contributed by atoms with Gasteiger partial charge < -0.3 is 10.5 Å². The largest absolute Gasteiger partial charge is 0.378 e. The average molecular weight is 190 g/mol. The zero-order valence-electron chi connectivity index (χ0n) is 8.02. The maximum absolute atomic E-state index is 8.40. The van der Waals surface area contributed by atoms with Crippen LogP contribution in [0.5, 0.6) is 0 Å². The van der Waals surface area contributed by atoms with Crippen molar-refractivity contribution in [3.8, 4) is 6.07 Å². The van der Waals surface area contributed by atoms with E-state index in [0.717, 1.165) is 6.42 Å². The molecule has 0 bridgehead atoms. The summed E-state index contributed by atoms with van der Waals surface area (Å²) in [4.78, 5) is 0. The summed E-state index contributed by atoms with van der Waals surface area (Å²) in [5.41, 5.74) is 6.60. The third-order valence-electron chi connectivity index (χ3n) is 1.84. The van der Waals surface area contributed by atoms with E-state index in [-0.39, 0.29) is 0 Å². The topological polar surface area (TPSA) is 59.0 Å². The van der Waals surface area contributed by atoms with Gasteiger partial charge in [-0.15, -0.1) is 0 Å². The summed E-state index contributed by atoms with van der Waals surface area (Å²) in [5, 5.41) is 8.40. The second-order valence-electron chi connectivity index (χ2n) is 3.05. The molecule has 0 fully saturated rings. The Morgan fingerprint density at radius 1 is 1.36 bits per heavy atom. The van der Waals surface area contributed by atoms with Crippen molar-refractivity contribution in [3.05, 3.63) is 35.9 Å². The van der Waals surface area contributed by atoms with Crippen molar-refractivity contribution in [3.63, 3.8) is 0 Å². The molecule has 0 aromatic heterocycles. The van der Waals surface area contributed by atoms with Crippen molar-refractivity contribution in [1.82, 2.24) is 0 Å². The summed E-state index contributed by atoms with van der Waals surface area (Å²) >= 11 is 0. The van der Waals surface area contributed by atoms with Gasteiger partial charge in [-0.25, -0.2) is 0 Å². The van der Waals surface area contributed by atoms with Crippen molar-refractivity contribution in [2.45, 2.75) is 12.5 Å². The van der Waals surface area contributed by atoms with Crippen LogP contribution in [0.1, 0.15) is 5.56 Å². The fourth-order valence-corrected chi connectivity index (χ4v) is 1.08. The van der Waals surface area contributed by atoms with Gasteiger partial charge in [0.2, 0.25) is 0 Å². The zero-order chi connectivity index (χ0) is 10.2. The minimum Gasteiger partial charge on any atom is -0.378 e. The van der Waals surface area contributed by atoms with Crippen LogP contribution in [-0.2, 0) is 11.2 Å². The van der Waals surface area contributed by atoms with Gasteiger partial charge >= 0.3 is 0 Å². The number of hydrogen-bond donors (Lipinski definition) is 1. The van der Waals surface area contributed by atoms with E-state index in [1.54, 1.807) is 0 Å². The maximum atomic E-state index is 8.40. The van der Waals surface area contributed by atoms with Gasteiger partial charge in [-0.05, 0) is 12.0 Å². The molecule has 0 radical (unpaired) electrons. The highest BCUT2D eigenvalue weighted by atomic mass is 16.5. The van der Waals surface area contributed by atoms with E-state index >= 15 is 0 Å². The van der Waals surface area contributed by atoms with Crippen molar-refractivity contribution in [1.29, 1.82) is 5.26 Å². The number of nitrogens with zero attached hydrogens (tertiary/aromatic N) is 1. The number of ether oxygens (including phenoxy) is 1. The predicted octanol–water partition coefficient (Wildman–Crippen LogP) is 1.10. The standard InChI is InChI=1S/C11H14N2O/c12-8-11(13)9-14-7-6-10-4-2-1-3-5-10/h1-5,11H,6-7,9,13H2. The predicted molar refractivity (Wildman–Crippen MR) is 54.6 cm³/mol. The summed E-state index contributed by atoms with van der Waals surface area (Å²) in [6.45, 7) is 0.919. The van der Waals surface area contributed by atoms with E-state index in [1.807, 2.05) is 36.4 Å². The highest BCUT2D eigenvalue weighted by Crippen LogP contribution is 1.99. The van der Waals surface area contributed by atoms with Crippen molar-refractivity contribution in [2.24, 2.45) is 5.73 Å². The Morgan fingerprint density at radius 2 is 2.07 bits per heavy atom. The number of nitriles is 1. The Hall–Kier alpha value is -1.37. The number of benzene rings is 1. The van der Waals surface area contributed by atoms with Crippen LogP contribution in [0, 0.1) is 11.3 Å². The first-order valence-corrected chi connectivity index (χ1v) is 4.60. The van der Waals surface area contributed by atoms with Gasteiger partial charge in [-0.1, -0.05) is 30.3 Å². The molecule has 74 valence electrons. The molecule has 1 unspecified atom stereocenters. The molecular weight excluding hydrogens is 176 g/mol. The molecule has 3 heteroatoms. The highest BCUT2D eigenvalue weighted by molar-refractivity contribution is 5.14. The second kappa shape index (κ2) is 6.14. The first-order valence-electron chi connectivity index (χ1n) is 4.60. The van der Waals surface area contributed by atoms with Gasteiger partial charge in [0.1, 0.15) is 6.04 Å². The lowest BCUT2D eigenvalue weighted by atomic mass is 10.2. The highest BCUT2D eigenvalue weighted by Gasteiger charge is 1.98. The van der Waals surface area contributed by atoms with E-state index in [1.165, 1.54) is 5.56 Å². The molecule has 0 saturated heterocycles. The fraction of sp³-hybridized carbons (Fsp3) is 0.364. The lowest BCUT2D eigenvalue weighted by Crippen LogP contribution is -2.24. The second-order valence-corrected chi connectivity index (χ2v) is 3.05. The molecule has 1 atom stereocenters. The first-order chi connectivity index (χ1) is 6.83.